The second kappa shape index (κ2) is 5.38. The van der Waals surface area contributed by atoms with Crippen molar-refractivity contribution in [3.05, 3.63) is 12.7 Å². The molecule has 2 N–H and O–H groups in total. The summed E-state index contributed by atoms with van der Waals surface area (Å²) in [5, 5.41) is 11.4. The van der Waals surface area contributed by atoms with Crippen LogP contribution in [0, 0.1) is 5.92 Å². The Morgan fingerprint density at radius 2 is 2.27 bits per heavy atom. The molecule has 1 aliphatic rings. The molecule has 15 heavy (non-hydrogen) atoms. The number of alkyl carbamates (subject to hydrolysis) is 1. The lowest BCUT2D eigenvalue weighted by Gasteiger charge is -2.11. The smallest absolute Gasteiger partial charge is 0.407 e. The zero-order valence-corrected chi connectivity index (χ0v) is 8.44. The van der Waals surface area contributed by atoms with Crippen LogP contribution in [0.15, 0.2) is 12.7 Å². The second-order valence-corrected chi connectivity index (χ2v) is 3.58. The van der Waals surface area contributed by atoms with Crippen molar-refractivity contribution in [2.24, 2.45) is 5.92 Å². The summed E-state index contributed by atoms with van der Waals surface area (Å²) >= 11 is 0. The van der Waals surface area contributed by atoms with Crippen LogP contribution < -0.4 is 5.32 Å². The third-order valence-electron chi connectivity index (χ3n) is 2.44. The summed E-state index contributed by atoms with van der Waals surface area (Å²) in [7, 11) is 0. The lowest BCUT2D eigenvalue weighted by Crippen LogP contribution is -2.33. The van der Waals surface area contributed by atoms with E-state index in [-0.39, 0.29) is 18.6 Å². The van der Waals surface area contributed by atoms with E-state index in [0.717, 1.165) is 0 Å². The quantitative estimate of drug-likeness (QED) is 0.687. The molecular formula is C10H15NO4. The summed E-state index contributed by atoms with van der Waals surface area (Å²) in [6.07, 6.45) is 2.76. The number of aliphatic carboxylic acids is 1. The van der Waals surface area contributed by atoms with Gasteiger partial charge in [0.15, 0.2) is 0 Å². The first kappa shape index (κ1) is 11.6. The lowest BCUT2D eigenvalue weighted by atomic mass is 10.1. The molecule has 1 rings (SSSR count). The van der Waals surface area contributed by atoms with E-state index in [0.29, 0.717) is 19.3 Å². The Bertz CT molecular complexity index is 264. The van der Waals surface area contributed by atoms with Crippen molar-refractivity contribution in [3.63, 3.8) is 0 Å². The van der Waals surface area contributed by atoms with Gasteiger partial charge in [0.1, 0.15) is 6.61 Å². The SMILES string of the molecule is C=CCOC(=O)NC1CCC(C(=O)O)C1. The molecule has 0 saturated heterocycles. The minimum absolute atomic E-state index is 0.0802. The van der Waals surface area contributed by atoms with Crippen LogP contribution in [-0.4, -0.2) is 29.8 Å². The number of hydrogen-bond acceptors (Lipinski definition) is 3. The standard InChI is InChI=1S/C10H15NO4/c1-2-5-15-10(14)11-8-4-3-7(6-8)9(12)13/h2,7-8H,1,3-6H2,(H,11,14)(H,12,13). The van der Waals surface area contributed by atoms with Gasteiger partial charge < -0.3 is 15.2 Å². The van der Waals surface area contributed by atoms with Crippen LogP contribution in [0.4, 0.5) is 4.79 Å². The number of hydrogen-bond donors (Lipinski definition) is 2. The summed E-state index contributed by atoms with van der Waals surface area (Å²) in [4.78, 5) is 21.8. The molecule has 0 spiro atoms. The summed E-state index contributed by atoms with van der Waals surface area (Å²) in [5.74, 6) is -1.13. The predicted octanol–water partition coefficient (Wildman–Crippen LogP) is 1.15. The normalized spacial score (nSPS) is 24.5. The van der Waals surface area contributed by atoms with Gasteiger partial charge in [-0.2, -0.15) is 0 Å². The van der Waals surface area contributed by atoms with Crippen molar-refractivity contribution in [1.29, 1.82) is 0 Å². The van der Waals surface area contributed by atoms with E-state index in [1.54, 1.807) is 0 Å². The zero-order chi connectivity index (χ0) is 11.3. The molecule has 0 aromatic carbocycles. The van der Waals surface area contributed by atoms with Gasteiger partial charge in [0.25, 0.3) is 0 Å². The number of rotatable bonds is 4. The van der Waals surface area contributed by atoms with Crippen LogP contribution >= 0.6 is 0 Å². The number of amides is 1. The second-order valence-electron chi connectivity index (χ2n) is 3.58. The fourth-order valence-corrected chi connectivity index (χ4v) is 1.68. The number of carbonyl (C=O) groups excluding carboxylic acids is 1. The van der Waals surface area contributed by atoms with Crippen LogP contribution in [0.1, 0.15) is 19.3 Å². The first-order valence-corrected chi connectivity index (χ1v) is 4.90. The molecule has 2 atom stereocenters. The van der Waals surface area contributed by atoms with Crippen molar-refractivity contribution < 1.29 is 19.4 Å². The van der Waals surface area contributed by atoms with E-state index < -0.39 is 12.1 Å². The maximum absolute atomic E-state index is 11.1. The van der Waals surface area contributed by atoms with Crippen molar-refractivity contribution in [3.8, 4) is 0 Å². The first-order chi connectivity index (χ1) is 7.13. The summed E-state index contributed by atoms with van der Waals surface area (Å²) in [5.41, 5.74) is 0. The summed E-state index contributed by atoms with van der Waals surface area (Å²) in [6.45, 7) is 3.58. The number of carbonyl (C=O) groups is 2. The van der Waals surface area contributed by atoms with Crippen LogP contribution in [0.2, 0.25) is 0 Å². The summed E-state index contributed by atoms with van der Waals surface area (Å²) in [6, 6.07) is -0.0802. The predicted molar refractivity (Wildman–Crippen MR) is 53.4 cm³/mol. The molecule has 0 heterocycles. The van der Waals surface area contributed by atoms with Crippen LogP contribution in [0.5, 0.6) is 0 Å². The van der Waals surface area contributed by atoms with Gasteiger partial charge in [-0.1, -0.05) is 12.7 Å². The number of carboxylic acid groups (broad SMARTS) is 1. The molecule has 1 saturated carbocycles. The zero-order valence-electron chi connectivity index (χ0n) is 8.44. The minimum atomic E-state index is -0.793. The molecule has 5 heteroatoms. The fourth-order valence-electron chi connectivity index (χ4n) is 1.68. The summed E-state index contributed by atoms with van der Waals surface area (Å²) < 4.78 is 4.73. The molecule has 0 radical (unpaired) electrons. The van der Waals surface area contributed by atoms with Crippen LogP contribution in [-0.2, 0) is 9.53 Å². The number of nitrogens with one attached hydrogen (secondary N) is 1. The Balaban J connectivity index is 2.26. The monoisotopic (exact) mass is 213 g/mol. The highest BCUT2D eigenvalue weighted by atomic mass is 16.5. The largest absolute Gasteiger partial charge is 0.481 e. The molecule has 2 unspecified atom stereocenters. The molecule has 84 valence electrons. The van der Waals surface area contributed by atoms with Gasteiger partial charge in [-0.3, -0.25) is 4.79 Å². The Morgan fingerprint density at radius 1 is 1.53 bits per heavy atom. The van der Waals surface area contributed by atoms with Gasteiger partial charge in [0, 0.05) is 6.04 Å². The van der Waals surface area contributed by atoms with E-state index in [1.165, 1.54) is 6.08 Å². The number of ether oxygens (including phenoxy) is 1. The van der Waals surface area contributed by atoms with E-state index in [2.05, 4.69) is 11.9 Å². The molecule has 5 nitrogen and oxygen atoms in total. The molecule has 0 aromatic rings. The van der Waals surface area contributed by atoms with E-state index in [9.17, 15) is 9.59 Å². The van der Waals surface area contributed by atoms with Gasteiger partial charge in [-0.25, -0.2) is 4.79 Å². The minimum Gasteiger partial charge on any atom is -0.481 e. The Morgan fingerprint density at radius 3 is 2.80 bits per heavy atom. The third-order valence-corrected chi connectivity index (χ3v) is 2.44. The molecular weight excluding hydrogens is 198 g/mol. The van der Waals surface area contributed by atoms with Gasteiger partial charge in [0.05, 0.1) is 5.92 Å². The topological polar surface area (TPSA) is 75.6 Å². The molecule has 1 amide bonds. The van der Waals surface area contributed by atoms with Crippen molar-refractivity contribution in [1.82, 2.24) is 5.32 Å². The van der Waals surface area contributed by atoms with E-state index in [1.807, 2.05) is 0 Å². The highest BCUT2D eigenvalue weighted by Crippen LogP contribution is 2.25. The molecule has 1 fully saturated rings. The van der Waals surface area contributed by atoms with Crippen molar-refractivity contribution >= 4 is 12.1 Å². The maximum atomic E-state index is 11.1. The van der Waals surface area contributed by atoms with Gasteiger partial charge >= 0.3 is 12.1 Å². The van der Waals surface area contributed by atoms with E-state index in [4.69, 9.17) is 9.84 Å². The molecule has 0 aromatic heterocycles. The Labute approximate surface area is 88.1 Å². The maximum Gasteiger partial charge on any atom is 0.407 e. The fraction of sp³-hybridized carbons (Fsp3) is 0.600. The lowest BCUT2D eigenvalue weighted by molar-refractivity contribution is -0.141. The Hall–Kier alpha value is -1.52. The van der Waals surface area contributed by atoms with E-state index >= 15 is 0 Å². The molecule has 1 aliphatic carbocycles. The first-order valence-electron chi connectivity index (χ1n) is 4.90. The van der Waals surface area contributed by atoms with Gasteiger partial charge in [-0.05, 0) is 19.3 Å². The van der Waals surface area contributed by atoms with Crippen molar-refractivity contribution in [2.75, 3.05) is 6.61 Å². The van der Waals surface area contributed by atoms with Crippen molar-refractivity contribution in [2.45, 2.75) is 25.3 Å². The van der Waals surface area contributed by atoms with Gasteiger partial charge in [0.2, 0.25) is 0 Å². The average molecular weight is 213 g/mol. The van der Waals surface area contributed by atoms with Gasteiger partial charge in [-0.15, -0.1) is 0 Å². The average Bonchev–Trinajstić information content (AvgIpc) is 2.63. The van der Waals surface area contributed by atoms with Crippen LogP contribution in [0.3, 0.4) is 0 Å². The highest BCUT2D eigenvalue weighted by Gasteiger charge is 2.30. The molecule has 0 aliphatic heterocycles. The molecule has 0 bridgehead atoms. The number of carboxylic acids is 1. The highest BCUT2D eigenvalue weighted by molar-refractivity contribution is 5.71. The third kappa shape index (κ3) is 3.61. The Kier molecular flexibility index (Phi) is 4.15. The van der Waals surface area contributed by atoms with Crippen LogP contribution in [0.25, 0.3) is 0 Å².